The summed E-state index contributed by atoms with van der Waals surface area (Å²) in [6.07, 6.45) is 10.4. The molecule has 0 heterocycles. The molecule has 4 heteroatoms. The lowest BCUT2D eigenvalue weighted by atomic mass is 10.1. The van der Waals surface area contributed by atoms with Crippen molar-refractivity contribution in [3.05, 3.63) is 0 Å². The van der Waals surface area contributed by atoms with Gasteiger partial charge in [-0.05, 0) is 25.6 Å². The van der Waals surface area contributed by atoms with Crippen LogP contribution in [-0.4, -0.2) is 13.2 Å². The van der Waals surface area contributed by atoms with Crippen molar-refractivity contribution in [2.45, 2.75) is 64.0 Å². The van der Waals surface area contributed by atoms with Gasteiger partial charge in [-0.1, -0.05) is 44.9 Å². The molecule has 0 spiro atoms. The number of unbranched alkanes of at least 4 members (excludes halogenated alkanes) is 7. The lowest BCUT2D eigenvalue weighted by molar-refractivity contribution is 0.578. The van der Waals surface area contributed by atoms with Gasteiger partial charge in [0.1, 0.15) is 0 Å². The molecule has 0 fully saturated rings. The van der Waals surface area contributed by atoms with E-state index in [0.29, 0.717) is 0 Å². The van der Waals surface area contributed by atoms with Crippen molar-refractivity contribution < 1.29 is 0 Å². The van der Waals surface area contributed by atoms with E-state index in [1.54, 1.807) is 0 Å². The van der Waals surface area contributed by atoms with Gasteiger partial charge in [0.2, 0.25) is 6.69 Å². The second-order valence-corrected chi connectivity index (χ2v) is 12.7. The highest BCUT2D eigenvalue weighted by molar-refractivity contribution is 7.44. The monoisotopic (exact) mass is 269 g/mol. The van der Waals surface area contributed by atoms with Crippen molar-refractivity contribution >= 4 is 28.9 Å². The topological polar surface area (TPSA) is 26.0 Å². The summed E-state index contributed by atoms with van der Waals surface area (Å²) in [7, 11) is 0. The summed E-state index contributed by atoms with van der Waals surface area (Å²) in [5.41, 5.74) is 5.43. The second-order valence-electron chi connectivity index (χ2n) is 4.44. The molecule has 0 aliphatic carbocycles. The van der Waals surface area contributed by atoms with Gasteiger partial charge in [-0.2, -0.15) is 0 Å². The summed E-state index contributed by atoms with van der Waals surface area (Å²) >= 11 is 12.0. The predicted molar refractivity (Wildman–Crippen MR) is 74.1 cm³/mol. The summed E-state index contributed by atoms with van der Waals surface area (Å²) in [6.45, 7) is 1.03. The average Bonchev–Trinajstić information content (AvgIpc) is 2.14. The Morgan fingerprint density at radius 3 is 1.60 bits per heavy atom. The summed E-state index contributed by atoms with van der Waals surface area (Å²) in [6, 6.07) is 1.04. The summed E-state index contributed by atoms with van der Waals surface area (Å²) in [5, 5.41) is 0. The number of nitrogens with two attached hydrogens (primary N) is 1. The number of hydrogen-bond acceptors (Lipinski definition) is 1. The standard InChI is InChI=1S/C11H25Cl2NSi/c1-15(12,13)11-9-7-5-3-2-4-6-8-10-14/h2-11,14H2,1H3. The minimum Gasteiger partial charge on any atom is -0.330 e. The third kappa shape index (κ3) is 14.8. The summed E-state index contributed by atoms with van der Waals surface area (Å²) in [5.74, 6) is 0. The van der Waals surface area contributed by atoms with Gasteiger partial charge in [-0.15, -0.1) is 22.2 Å². The number of hydrogen-bond donors (Lipinski definition) is 1. The zero-order valence-corrected chi connectivity index (χ0v) is 12.4. The molecule has 0 rings (SSSR count). The first-order valence-corrected chi connectivity index (χ1v) is 10.9. The van der Waals surface area contributed by atoms with E-state index in [9.17, 15) is 0 Å². The van der Waals surface area contributed by atoms with E-state index in [1.165, 1.54) is 51.4 Å². The Labute approximate surface area is 105 Å². The highest BCUT2D eigenvalue weighted by Gasteiger charge is 2.19. The molecular formula is C11H25Cl2NSi. The molecule has 0 saturated carbocycles. The zero-order valence-electron chi connectivity index (χ0n) is 9.90. The number of halogens is 2. The summed E-state index contributed by atoms with van der Waals surface area (Å²) < 4.78 is 0. The minimum atomic E-state index is -1.81. The SMILES string of the molecule is C[Si](Cl)(Cl)CCCCCCCCCCN. The molecular weight excluding hydrogens is 245 g/mol. The van der Waals surface area contributed by atoms with Gasteiger partial charge in [-0.25, -0.2) is 0 Å². The highest BCUT2D eigenvalue weighted by Crippen LogP contribution is 2.23. The Morgan fingerprint density at radius 1 is 0.800 bits per heavy atom. The van der Waals surface area contributed by atoms with Gasteiger partial charge < -0.3 is 5.73 Å². The Hall–Kier alpha value is 0.757. The van der Waals surface area contributed by atoms with Crippen LogP contribution in [0.15, 0.2) is 0 Å². The van der Waals surface area contributed by atoms with Crippen LogP contribution in [0.1, 0.15) is 51.4 Å². The van der Waals surface area contributed by atoms with Crippen molar-refractivity contribution in [2.75, 3.05) is 6.54 Å². The molecule has 0 aromatic heterocycles. The first-order valence-electron chi connectivity index (χ1n) is 6.14. The Balaban J connectivity index is 2.99. The molecule has 0 amide bonds. The Kier molecular flexibility index (Phi) is 10.4. The fourth-order valence-corrected chi connectivity index (χ4v) is 3.31. The van der Waals surface area contributed by atoms with Crippen LogP contribution >= 0.6 is 22.2 Å². The molecule has 92 valence electrons. The largest absolute Gasteiger partial charge is 0.330 e. The van der Waals surface area contributed by atoms with E-state index in [4.69, 9.17) is 27.9 Å². The minimum absolute atomic E-state index is 0.842. The molecule has 1 nitrogen and oxygen atoms in total. The first kappa shape index (κ1) is 15.8. The van der Waals surface area contributed by atoms with Crippen molar-refractivity contribution in [3.8, 4) is 0 Å². The molecule has 0 bridgehead atoms. The van der Waals surface area contributed by atoms with Crippen LogP contribution in [0, 0.1) is 0 Å². The van der Waals surface area contributed by atoms with Crippen LogP contribution in [0.5, 0.6) is 0 Å². The van der Waals surface area contributed by atoms with Crippen molar-refractivity contribution in [1.29, 1.82) is 0 Å². The molecule has 0 saturated heterocycles. The van der Waals surface area contributed by atoms with Crippen LogP contribution in [0.3, 0.4) is 0 Å². The molecule has 0 atom stereocenters. The fourth-order valence-electron chi connectivity index (χ4n) is 1.64. The fraction of sp³-hybridized carbons (Fsp3) is 1.00. The van der Waals surface area contributed by atoms with E-state index in [0.717, 1.165) is 12.6 Å². The predicted octanol–water partition coefficient (Wildman–Crippen LogP) is 4.62. The molecule has 0 aliphatic heterocycles. The first-order chi connectivity index (χ1) is 7.06. The van der Waals surface area contributed by atoms with Gasteiger partial charge in [0, 0.05) is 0 Å². The third-order valence-corrected chi connectivity index (χ3v) is 4.94. The molecule has 0 aromatic carbocycles. The lowest BCUT2D eigenvalue weighted by Gasteiger charge is -2.08. The molecule has 0 aliphatic rings. The van der Waals surface area contributed by atoms with Gasteiger partial charge in [-0.3, -0.25) is 0 Å². The van der Waals surface area contributed by atoms with E-state index in [-0.39, 0.29) is 0 Å². The third-order valence-electron chi connectivity index (χ3n) is 2.57. The Bertz CT molecular complexity index is 137. The molecule has 0 radical (unpaired) electrons. The van der Waals surface area contributed by atoms with Crippen LogP contribution in [0.4, 0.5) is 0 Å². The normalized spacial score (nSPS) is 12.0. The maximum atomic E-state index is 6.02. The van der Waals surface area contributed by atoms with Crippen molar-refractivity contribution in [1.82, 2.24) is 0 Å². The van der Waals surface area contributed by atoms with Crippen LogP contribution < -0.4 is 5.73 Å². The Morgan fingerprint density at radius 2 is 1.20 bits per heavy atom. The highest BCUT2D eigenvalue weighted by atomic mass is 35.7. The van der Waals surface area contributed by atoms with Gasteiger partial charge in [0.05, 0.1) is 0 Å². The van der Waals surface area contributed by atoms with Crippen LogP contribution in [0.2, 0.25) is 12.6 Å². The molecule has 0 aromatic rings. The van der Waals surface area contributed by atoms with E-state index < -0.39 is 6.69 Å². The molecule has 15 heavy (non-hydrogen) atoms. The van der Waals surface area contributed by atoms with E-state index >= 15 is 0 Å². The summed E-state index contributed by atoms with van der Waals surface area (Å²) in [4.78, 5) is 0. The van der Waals surface area contributed by atoms with Gasteiger partial charge in [0.25, 0.3) is 0 Å². The lowest BCUT2D eigenvalue weighted by Crippen LogP contribution is -2.11. The number of rotatable bonds is 10. The smallest absolute Gasteiger partial charge is 0.248 e. The van der Waals surface area contributed by atoms with E-state index in [1.807, 2.05) is 6.55 Å². The zero-order chi connectivity index (χ0) is 11.6. The molecule has 2 N–H and O–H groups in total. The second kappa shape index (κ2) is 9.95. The van der Waals surface area contributed by atoms with Gasteiger partial charge in [0.15, 0.2) is 0 Å². The maximum Gasteiger partial charge on any atom is 0.248 e. The van der Waals surface area contributed by atoms with Crippen molar-refractivity contribution in [2.24, 2.45) is 5.73 Å². The van der Waals surface area contributed by atoms with Gasteiger partial charge >= 0.3 is 0 Å². The maximum absolute atomic E-state index is 6.02. The molecule has 0 unspecified atom stereocenters. The average molecular weight is 270 g/mol. The van der Waals surface area contributed by atoms with Crippen LogP contribution in [-0.2, 0) is 0 Å². The quantitative estimate of drug-likeness (QED) is 0.350. The van der Waals surface area contributed by atoms with E-state index in [2.05, 4.69) is 0 Å². The van der Waals surface area contributed by atoms with Crippen LogP contribution in [0.25, 0.3) is 0 Å². The van der Waals surface area contributed by atoms with Crippen molar-refractivity contribution in [3.63, 3.8) is 0 Å².